The van der Waals surface area contributed by atoms with Crippen molar-refractivity contribution < 1.29 is 0 Å². The van der Waals surface area contributed by atoms with Gasteiger partial charge in [-0.1, -0.05) is 0 Å². The van der Waals surface area contributed by atoms with E-state index in [2.05, 4.69) is 11.8 Å². The van der Waals surface area contributed by atoms with Crippen LogP contribution < -0.4 is 5.73 Å². The number of rotatable bonds is 1. The summed E-state index contributed by atoms with van der Waals surface area (Å²) in [7, 11) is 0. The molecule has 0 aromatic rings. The Morgan fingerprint density at radius 1 is 1.33 bits per heavy atom. The summed E-state index contributed by atoms with van der Waals surface area (Å²) in [5, 5.41) is 0. The molecule has 2 N–H and O–H groups in total. The van der Waals surface area contributed by atoms with Crippen LogP contribution in [0.5, 0.6) is 0 Å². The topological polar surface area (TPSA) is 29.3 Å². The lowest BCUT2D eigenvalue weighted by atomic mass is 9.77. The van der Waals surface area contributed by atoms with Crippen LogP contribution in [0.2, 0.25) is 0 Å². The van der Waals surface area contributed by atoms with E-state index in [4.69, 9.17) is 5.73 Å². The predicted molar refractivity (Wildman–Crippen MR) is 50.9 cm³/mol. The number of fused-ring (bicyclic) bond motifs is 2. The third kappa shape index (κ3) is 1.50. The van der Waals surface area contributed by atoms with Gasteiger partial charge in [-0.3, -0.25) is 0 Å². The van der Waals surface area contributed by atoms with Crippen molar-refractivity contribution in [2.75, 3.05) is 19.6 Å². The molecule has 2 bridgehead atoms. The summed E-state index contributed by atoms with van der Waals surface area (Å²) >= 11 is 0. The number of nitrogens with zero attached hydrogens (tertiary/aromatic N) is 1. The molecule has 2 aliphatic heterocycles. The zero-order valence-corrected chi connectivity index (χ0v) is 8.00. The van der Waals surface area contributed by atoms with Crippen molar-refractivity contribution in [3.05, 3.63) is 0 Å². The van der Waals surface area contributed by atoms with E-state index in [1.54, 1.807) is 0 Å². The quantitative estimate of drug-likeness (QED) is 0.634. The fourth-order valence-electron chi connectivity index (χ4n) is 2.90. The van der Waals surface area contributed by atoms with E-state index >= 15 is 0 Å². The Labute approximate surface area is 75.1 Å². The number of piperidine rings is 2. The monoisotopic (exact) mass is 168 g/mol. The van der Waals surface area contributed by atoms with Crippen molar-refractivity contribution in [2.45, 2.75) is 32.2 Å². The summed E-state index contributed by atoms with van der Waals surface area (Å²) < 4.78 is 0. The SMILES string of the molecule is CC(N)C1CCN2CCCC1C2. The maximum Gasteiger partial charge on any atom is 0.00423 e. The van der Waals surface area contributed by atoms with Gasteiger partial charge < -0.3 is 10.6 Å². The van der Waals surface area contributed by atoms with Crippen molar-refractivity contribution in [3.8, 4) is 0 Å². The van der Waals surface area contributed by atoms with Crippen LogP contribution in [0.4, 0.5) is 0 Å². The Morgan fingerprint density at radius 3 is 2.92 bits per heavy atom. The second-order valence-electron chi connectivity index (χ2n) is 4.51. The molecule has 2 heteroatoms. The summed E-state index contributed by atoms with van der Waals surface area (Å²) in [6, 6.07) is 0.412. The zero-order valence-electron chi connectivity index (χ0n) is 8.00. The Morgan fingerprint density at radius 2 is 2.17 bits per heavy atom. The maximum atomic E-state index is 5.98. The van der Waals surface area contributed by atoms with Gasteiger partial charge >= 0.3 is 0 Å². The molecule has 4 atom stereocenters. The first kappa shape index (κ1) is 8.52. The van der Waals surface area contributed by atoms with Crippen LogP contribution in [-0.4, -0.2) is 30.6 Å². The lowest BCUT2D eigenvalue weighted by Crippen LogP contribution is -2.49. The van der Waals surface area contributed by atoms with Crippen LogP contribution in [-0.2, 0) is 0 Å². The molecule has 0 aromatic carbocycles. The molecule has 2 nitrogen and oxygen atoms in total. The minimum Gasteiger partial charge on any atom is -0.328 e. The Kier molecular flexibility index (Phi) is 2.37. The minimum absolute atomic E-state index is 0.412. The fraction of sp³-hybridized carbons (Fsp3) is 1.00. The highest BCUT2D eigenvalue weighted by molar-refractivity contribution is 4.87. The largest absolute Gasteiger partial charge is 0.328 e. The van der Waals surface area contributed by atoms with E-state index in [0.717, 1.165) is 11.8 Å². The number of hydrogen-bond acceptors (Lipinski definition) is 2. The van der Waals surface area contributed by atoms with Gasteiger partial charge in [-0.25, -0.2) is 0 Å². The standard InChI is InChI=1S/C10H20N2/c1-8(11)10-4-6-12-5-2-3-9(10)7-12/h8-10H,2-7,11H2,1H3. The molecule has 12 heavy (non-hydrogen) atoms. The molecular formula is C10H20N2. The van der Waals surface area contributed by atoms with Gasteiger partial charge in [-0.05, 0) is 51.1 Å². The first-order valence-electron chi connectivity index (χ1n) is 5.25. The van der Waals surface area contributed by atoms with Crippen molar-refractivity contribution in [3.63, 3.8) is 0 Å². The van der Waals surface area contributed by atoms with E-state index in [9.17, 15) is 0 Å². The Hall–Kier alpha value is -0.0800. The normalized spacial score (nSPS) is 44.0. The minimum atomic E-state index is 0.412. The van der Waals surface area contributed by atoms with Gasteiger partial charge in [0.2, 0.25) is 0 Å². The Bertz CT molecular complexity index is 156. The molecule has 2 saturated heterocycles. The van der Waals surface area contributed by atoms with E-state index in [0.29, 0.717) is 6.04 Å². The fourth-order valence-corrected chi connectivity index (χ4v) is 2.90. The van der Waals surface area contributed by atoms with Gasteiger partial charge in [-0.2, -0.15) is 0 Å². The van der Waals surface area contributed by atoms with Crippen LogP contribution in [0.15, 0.2) is 0 Å². The maximum absolute atomic E-state index is 5.98. The van der Waals surface area contributed by atoms with Crippen molar-refractivity contribution >= 4 is 0 Å². The highest BCUT2D eigenvalue weighted by atomic mass is 15.1. The Balaban J connectivity index is 1.99. The van der Waals surface area contributed by atoms with Crippen LogP contribution in [0.25, 0.3) is 0 Å². The average molecular weight is 168 g/mol. The van der Waals surface area contributed by atoms with Gasteiger partial charge in [0.1, 0.15) is 0 Å². The third-order valence-corrected chi connectivity index (χ3v) is 3.60. The summed E-state index contributed by atoms with van der Waals surface area (Å²) in [4.78, 5) is 2.60. The van der Waals surface area contributed by atoms with Crippen molar-refractivity contribution in [1.29, 1.82) is 0 Å². The summed E-state index contributed by atoms with van der Waals surface area (Å²) in [5.74, 6) is 1.72. The molecule has 0 aliphatic carbocycles. The van der Waals surface area contributed by atoms with E-state index in [1.165, 1.54) is 38.9 Å². The summed E-state index contributed by atoms with van der Waals surface area (Å²) in [6.45, 7) is 6.13. The van der Waals surface area contributed by atoms with Gasteiger partial charge in [0.05, 0.1) is 0 Å². The molecule has 2 heterocycles. The van der Waals surface area contributed by atoms with Crippen molar-refractivity contribution in [1.82, 2.24) is 4.90 Å². The lowest BCUT2D eigenvalue weighted by Gasteiger charge is -2.44. The molecule has 0 radical (unpaired) electrons. The molecule has 2 rings (SSSR count). The summed E-state index contributed by atoms with van der Waals surface area (Å²) in [6.07, 6.45) is 4.15. The molecule has 2 aliphatic rings. The predicted octanol–water partition coefficient (Wildman–Crippen LogP) is 1.07. The van der Waals surface area contributed by atoms with E-state index in [-0.39, 0.29) is 0 Å². The number of nitrogens with two attached hydrogens (primary N) is 1. The third-order valence-electron chi connectivity index (χ3n) is 3.60. The van der Waals surface area contributed by atoms with Gasteiger partial charge in [0, 0.05) is 12.6 Å². The highest BCUT2D eigenvalue weighted by Crippen LogP contribution is 2.32. The first-order valence-corrected chi connectivity index (χ1v) is 5.25. The molecule has 2 fully saturated rings. The van der Waals surface area contributed by atoms with Crippen LogP contribution in [0.1, 0.15) is 26.2 Å². The molecular weight excluding hydrogens is 148 g/mol. The van der Waals surface area contributed by atoms with Gasteiger partial charge in [0.15, 0.2) is 0 Å². The molecule has 0 aromatic heterocycles. The second kappa shape index (κ2) is 3.35. The zero-order chi connectivity index (χ0) is 8.55. The van der Waals surface area contributed by atoms with Crippen molar-refractivity contribution in [2.24, 2.45) is 17.6 Å². The second-order valence-corrected chi connectivity index (χ2v) is 4.51. The van der Waals surface area contributed by atoms with E-state index < -0.39 is 0 Å². The van der Waals surface area contributed by atoms with Gasteiger partial charge in [-0.15, -0.1) is 0 Å². The highest BCUT2D eigenvalue weighted by Gasteiger charge is 2.33. The van der Waals surface area contributed by atoms with E-state index in [1.807, 2.05) is 0 Å². The molecule has 0 saturated carbocycles. The van der Waals surface area contributed by atoms with Crippen LogP contribution in [0.3, 0.4) is 0 Å². The average Bonchev–Trinajstić information content (AvgIpc) is 2.04. The first-order chi connectivity index (χ1) is 5.77. The molecule has 4 unspecified atom stereocenters. The molecule has 70 valence electrons. The molecule has 0 spiro atoms. The lowest BCUT2D eigenvalue weighted by molar-refractivity contribution is 0.0643. The molecule has 0 amide bonds. The smallest absolute Gasteiger partial charge is 0.00423 e. The summed E-state index contributed by atoms with van der Waals surface area (Å²) in [5.41, 5.74) is 5.98. The van der Waals surface area contributed by atoms with Crippen LogP contribution in [0, 0.1) is 11.8 Å². The van der Waals surface area contributed by atoms with Gasteiger partial charge in [0.25, 0.3) is 0 Å². The number of hydrogen-bond donors (Lipinski definition) is 1. The van der Waals surface area contributed by atoms with Crippen LogP contribution >= 0.6 is 0 Å².